The van der Waals surface area contributed by atoms with Crippen molar-refractivity contribution in [3.05, 3.63) is 0 Å². The molecule has 0 aliphatic heterocycles. The Morgan fingerprint density at radius 2 is 1.89 bits per heavy atom. The van der Waals surface area contributed by atoms with Crippen LogP contribution < -0.4 is 5.73 Å². The normalized spacial score (nSPS) is 12.8. The zero-order valence-electron chi connectivity index (χ0n) is 4.43. The van der Waals surface area contributed by atoms with Crippen LogP contribution in [-0.4, -0.2) is 18.1 Å². The summed E-state index contributed by atoms with van der Waals surface area (Å²) in [5.41, 5.74) is 4.63. The molecule has 1 atom stereocenters. The zero-order valence-corrected chi connectivity index (χ0v) is 4.43. The van der Waals surface area contributed by atoms with E-state index in [1.165, 1.54) is 0 Å². The molecule has 0 aromatic rings. The monoisotopic (exact) mass is 137 g/mol. The Balaban J connectivity index is 3.63. The fourth-order valence-corrected chi connectivity index (χ4v) is 0.253. The van der Waals surface area contributed by atoms with Gasteiger partial charge in [0, 0.05) is 0 Å². The lowest BCUT2D eigenvalue weighted by atomic mass is 10.2. The van der Waals surface area contributed by atoms with E-state index in [-0.39, 0.29) is 0 Å². The fourth-order valence-electron chi connectivity index (χ4n) is 0.253. The van der Waals surface area contributed by atoms with Crippen LogP contribution in [0.2, 0.25) is 0 Å². The molecule has 52 valence electrons. The second-order valence-corrected chi connectivity index (χ2v) is 1.47. The first kappa shape index (κ1) is 8.16. The molecule has 0 heterocycles. The van der Waals surface area contributed by atoms with Crippen molar-refractivity contribution in [2.75, 3.05) is 0 Å². The summed E-state index contributed by atoms with van der Waals surface area (Å²) in [6.07, 6.45) is -0.880. The van der Waals surface area contributed by atoms with Crippen LogP contribution in [-0.2, 0) is 9.59 Å². The Morgan fingerprint density at radius 3 is 2.00 bits per heavy atom. The molecule has 9 heavy (non-hydrogen) atoms. The number of carbonyl (C=O) groups is 2. The van der Waals surface area contributed by atoms with Crippen molar-refractivity contribution < 1.29 is 18.4 Å². The van der Waals surface area contributed by atoms with Gasteiger partial charge in [0.1, 0.15) is 6.04 Å². The maximum atomic E-state index is 11.4. The minimum absolute atomic E-state index is 0.880. The molecule has 0 saturated carbocycles. The molecule has 5 heteroatoms. The van der Waals surface area contributed by atoms with E-state index in [0.29, 0.717) is 0 Å². The highest BCUT2D eigenvalue weighted by atomic mass is 19.1. The van der Waals surface area contributed by atoms with Crippen molar-refractivity contribution in [2.45, 2.75) is 12.5 Å². The molecule has 0 radical (unpaired) electrons. The Bertz CT molecular complexity index is 137. The molecule has 0 fully saturated rings. The van der Waals surface area contributed by atoms with E-state index in [1.807, 2.05) is 0 Å². The number of hydrogen-bond acceptors (Lipinski definition) is 3. The summed E-state index contributed by atoms with van der Waals surface area (Å²) in [4.78, 5) is 19.1. The quantitative estimate of drug-likeness (QED) is 0.543. The van der Waals surface area contributed by atoms with Gasteiger partial charge in [-0.2, -0.15) is 8.78 Å². The first-order valence-electron chi connectivity index (χ1n) is 2.17. The SMILES string of the molecule is N[C@@H](CC(=O)F)C(=O)F. The van der Waals surface area contributed by atoms with E-state index in [1.54, 1.807) is 0 Å². The summed E-state index contributed by atoms with van der Waals surface area (Å²) >= 11 is 0. The van der Waals surface area contributed by atoms with Crippen LogP contribution in [0.1, 0.15) is 6.42 Å². The lowest BCUT2D eigenvalue weighted by molar-refractivity contribution is -0.136. The molecule has 0 unspecified atom stereocenters. The van der Waals surface area contributed by atoms with Crippen molar-refractivity contribution in [3.8, 4) is 0 Å². The highest BCUT2D eigenvalue weighted by molar-refractivity contribution is 5.81. The molecular weight excluding hydrogens is 132 g/mol. The van der Waals surface area contributed by atoms with Crippen LogP contribution in [0.15, 0.2) is 0 Å². The summed E-state index contributed by atoms with van der Waals surface area (Å²) in [5, 5.41) is 0. The average Bonchev–Trinajstić information content (AvgIpc) is 1.63. The van der Waals surface area contributed by atoms with Gasteiger partial charge in [0.25, 0.3) is 0 Å². The van der Waals surface area contributed by atoms with Crippen molar-refractivity contribution in [3.63, 3.8) is 0 Å². The van der Waals surface area contributed by atoms with Gasteiger partial charge in [-0.1, -0.05) is 0 Å². The van der Waals surface area contributed by atoms with Crippen molar-refractivity contribution >= 4 is 12.1 Å². The fraction of sp³-hybridized carbons (Fsp3) is 0.500. The van der Waals surface area contributed by atoms with Crippen LogP contribution >= 0.6 is 0 Å². The molecule has 0 aromatic heterocycles. The summed E-state index contributed by atoms with van der Waals surface area (Å²) < 4.78 is 22.6. The van der Waals surface area contributed by atoms with E-state index in [2.05, 4.69) is 5.73 Å². The van der Waals surface area contributed by atoms with E-state index in [9.17, 15) is 18.4 Å². The predicted octanol–water partition coefficient (Wildman–Crippen LogP) is -0.304. The first-order chi connectivity index (χ1) is 4.04. The molecule has 0 spiro atoms. The predicted molar refractivity (Wildman–Crippen MR) is 24.8 cm³/mol. The lowest BCUT2D eigenvalue weighted by Crippen LogP contribution is -2.29. The van der Waals surface area contributed by atoms with Gasteiger partial charge in [-0.25, -0.2) is 0 Å². The molecular formula is C4H5F2NO2. The van der Waals surface area contributed by atoms with E-state index >= 15 is 0 Å². The maximum Gasteiger partial charge on any atom is 0.318 e. The minimum Gasteiger partial charge on any atom is -0.319 e. The molecule has 0 bridgehead atoms. The van der Waals surface area contributed by atoms with E-state index < -0.39 is 24.5 Å². The van der Waals surface area contributed by atoms with Gasteiger partial charge in [0.2, 0.25) is 0 Å². The standard InChI is InChI=1S/C4H5F2NO2/c5-3(8)1-2(7)4(6)9/h2H,1,7H2/t2-/m0/s1. The van der Waals surface area contributed by atoms with Crippen molar-refractivity contribution in [1.82, 2.24) is 0 Å². The van der Waals surface area contributed by atoms with Gasteiger partial charge in [0.05, 0.1) is 6.42 Å². The second kappa shape index (κ2) is 3.24. The highest BCUT2D eigenvalue weighted by Crippen LogP contribution is 1.92. The van der Waals surface area contributed by atoms with Crippen LogP contribution in [0.25, 0.3) is 0 Å². The van der Waals surface area contributed by atoms with Crippen molar-refractivity contribution in [1.29, 1.82) is 0 Å². The highest BCUT2D eigenvalue weighted by Gasteiger charge is 2.15. The summed E-state index contributed by atoms with van der Waals surface area (Å²) in [7, 11) is 0. The smallest absolute Gasteiger partial charge is 0.318 e. The third-order valence-electron chi connectivity index (χ3n) is 0.672. The third-order valence-corrected chi connectivity index (χ3v) is 0.672. The first-order valence-corrected chi connectivity index (χ1v) is 2.17. The topological polar surface area (TPSA) is 60.2 Å². The molecule has 0 amide bonds. The summed E-state index contributed by atoms with van der Waals surface area (Å²) in [5.74, 6) is 0. The lowest BCUT2D eigenvalue weighted by Gasteiger charge is -1.96. The Hall–Kier alpha value is -0.840. The number of nitrogens with two attached hydrogens (primary N) is 1. The molecule has 2 N–H and O–H groups in total. The third kappa shape index (κ3) is 3.72. The number of carbonyl (C=O) groups excluding carboxylic acids is 2. The van der Waals surface area contributed by atoms with Gasteiger partial charge >= 0.3 is 12.1 Å². The minimum atomic E-state index is -1.87. The van der Waals surface area contributed by atoms with E-state index in [0.717, 1.165) is 0 Å². The molecule has 0 rings (SSSR count). The Labute approximate surface area is 49.8 Å². The summed E-state index contributed by atoms with van der Waals surface area (Å²) in [6, 6.07) is -5.29. The summed E-state index contributed by atoms with van der Waals surface area (Å²) in [6.45, 7) is 0. The number of hydrogen-bond donors (Lipinski definition) is 1. The molecule has 0 aromatic carbocycles. The Kier molecular flexibility index (Phi) is 2.94. The number of halogens is 2. The maximum absolute atomic E-state index is 11.4. The average molecular weight is 137 g/mol. The van der Waals surface area contributed by atoms with Gasteiger partial charge in [0.15, 0.2) is 0 Å². The molecule has 3 nitrogen and oxygen atoms in total. The van der Waals surface area contributed by atoms with Gasteiger partial charge in [-0.15, -0.1) is 0 Å². The zero-order chi connectivity index (χ0) is 7.44. The van der Waals surface area contributed by atoms with Gasteiger partial charge < -0.3 is 5.73 Å². The van der Waals surface area contributed by atoms with Crippen LogP contribution in [0.3, 0.4) is 0 Å². The van der Waals surface area contributed by atoms with Gasteiger partial charge in [-0.05, 0) is 0 Å². The molecule has 0 saturated heterocycles. The van der Waals surface area contributed by atoms with Crippen LogP contribution in [0, 0.1) is 0 Å². The largest absolute Gasteiger partial charge is 0.319 e. The van der Waals surface area contributed by atoms with Gasteiger partial charge in [-0.3, -0.25) is 9.59 Å². The van der Waals surface area contributed by atoms with Crippen LogP contribution in [0.4, 0.5) is 8.78 Å². The van der Waals surface area contributed by atoms with E-state index in [4.69, 9.17) is 0 Å². The molecule has 0 aliphatic carbocycles. The van der Waals surface area contributed by atoms with Crippen LogP contribution in [0.5, 0.6) is 0 Å². The number of rotatable bonds is 3. The molecule has 0 aliphatic rings. The Morgan fingerprint density at radius 1 is 1.44 bits per heavy atom. The van der Waals surface area contributed by atoms with Crippen molar-refractivity contribution in [2.24, 2.45) is 5.73 Å². The second-order valence-electron chi connectivity index (χ2n) is 1.47.